The van der Waals surface area contributed by atoms with Gasteiger partial charge in [0, 0.05) is 17.0 Å². The lowest BCUT2D eigenvalue weighted by molar-refractivity contribution is 0.0264. The Kier molecular flexibility index (Phi) is 2.12. The zero-order valence-corrected chi connectivity index (χ0v) is 12.1. The molecule has 5 rings (SSSR count). The molecule has 4 aliphatic rings. The molecule has 1 saturated heterocycles. The highest BCUT2D eigenvalue weighted by Gasteiger charge is 2.63. The van der Waals surface area contributed by atoms with Gasteiger partial charge < -0.3 is 19.9 Å². The van der Waals surface area contributed by atoms with Crippen molar-refractivity contribution < 1.29 is 14.6 Å². The third kappa shape index (κ3) is 1.22. The number of aliphatic hydroxyl groups excluding tert-OH is 1. The molecule has 0 radical (unpaired) electrons. The number of nitrogens with one attached hydrogen (secondary N) is 1. The predicted molar refractivity (Wildman–Crippen MR) is 78.0 cm³/mol. The SMILES string of the molecule is COc1ccc2c3c1OC1C(O)=CCC4C(C2)NCCC314. The molecule has 2 aliphatic carbocycles. The monoisotopic (exact) mass is 285 g/mol. The Morgan fingerprint density at radius 1 is 1.43 bits per heavy atom. The van der Waals surface area contributed by atoms with Gasteiger partial charge >= 0.3 is 0 Å². The van der Waals surface area contributed by atoms with E-state index in [2.05, 4.69) is 11.4 Å². The van der Waals surface area contributed by atoms with Gasteiger partial charge in [0.15, 0.2) is 17.6 Å². The van der Waals surface area contributed by atoms with Gasteiger partial charge in [-0.3, -0.25) is 0 Å². The van der Waals surface area contributed by atoms with Crippen molar-refractivity contribution >= 4 is 0 Å². The van der Waals surface area contributed by atoms with Crippen molar-refractivity contribution in [3.63, 3.8) is 0 Å². The van der Waals surface area contributed by atoms with Gasteiger partial charge in [-0.15, -0.1) is 0 Å². The van der Waals surface area contributed by atoms with Gasteiger partial charge in [-0.1, -0.05) is 6.07 Å². The average Bonchev–Trinajstić information content (AvgIpc) is 2.83. The first-order chi connectivity index (χ1) is 10.3. The van der Waals surface area contributed by atoms with Crippen LogP contribution in [-0.2, 0) is 11.8 Å². The summed E-state index contributed by atoms with van der Waals surface area (Å²) >= 11 is 0. The second kappa shape index (κ2) is 3.74. The fourth-order valence-corrected chi connectivity index (χ4v) is 5.21. The molecule has 110 valence electrons. The lowest BCUT2D eigenvalue weighted by atomic mass is 9.53. The lowest BCUT2D eigenvalue weighted by Gasteiger charge is -2.53. The number of hydrogen-bond donors (Lipinski definition) is 2. The van der Waals surface area contributed by atoms with Crippen LogP contribution in [0, 0.1) is 5.92 Å². The summed E-state index contributed by atoms with van der Waals surface area (Å²) in [5.74, 6) is 2.57. The summed E-state index contributed by atoms with van der Waals surface area (Å²) in [6.07, 6.45) is 4.72. The van der Waals surface area contributed by atoms with Crippen LogP contribution in [0.5, 0.6) is 11.5 Å². The molecule has 2 N–H and O–H groups in total. The molecule has 1 spiro atoms. The van der Waals surface area contributed by atoms with E-state index in [1.54, 1.807) is 7.11 Å². The highest BCUT2D eigenvalue weighted by Crippen LogP contribution is 2.62. The number of benzene rings is 1. The summed E-state index contributed by atoms with van der Waals surface area (Å²) in [7, 11) is 1.68. The van der Waals surface area contributed by atoms with Crippen LogP contribution in [0.4, 0.5) is 0 Å². The van der Waals surface area contributed by atoms with Gasteiger partial charge in [0.2, 0.25) is 0 Å². The molecule has 2 aliphatic heterocycles. The van der Waals surface area contributed by atoms with E-state index in [4.69, 9.17) is 9.47 Å². The number of methoxy groups -OCH3 is 1. The van der Waals surface area contributed by atoms with E-state index in [9.17, 15) is 5.11 Å². The topological polar surface area (TPSA) is 50.7 Å². The quantitative estimate of drug-likeness (QED) is 0.829. The molecule has 1 aromatic carbocycles. The van der Waals surface area contributed by atoms with Crippen molar-refractivity contribution in [2.24, 2.45) is 5.92 Å². The smallest absolute Gasteiger partial charge is 0.166 e. The molecule has 2 heterocycles. The molecule has 2 bridgehead atoms. The van der Waals surface area contributed by atoms with Gasteiger partial charge in [0.05, 0.1) is 7.11 Å². The number of allylic oxidation sites excluding steroid dienone is 1. The third-order valence-corrected chi connectivity index (χ3v) is 5.98. The minimum atomic E-state index is -0.230. The van der Waals surface area contributed by atoms with E-state index in [0.717, 1.165) is 37.3 Å². The first kappa shape index (κ1) is 11.9. The van der Waals surface area contributed by atoms with E-state index in [-0.39, 0.29) is 11.5 Å². The van der Waals surface area contributed by atoms with Crippen molar-refractivity contribution in [3.05, 3.63) is 35.1 Å². The highest BCUT2D eigenvalue weighted by atomic mass is 16.5. The Labute approximate surface area is 123 Å². The maximum absolute atomic E-state index is 10.4. The number of hydrogen-bond acceptors (Lipinski definition) is 4. The number of ether oxygens (including phenoxy) is 2. The minimum Gasteiger partial charge on any atom is -0.509 e. The Morgan fingerprint density at radius 3 is 3.19 bits per heavy atom. The van der Waals surface area contributed by atoms with Crippen LogP contribution in [0.3, 0.4) is 0 Å². The maximum atomic E-state index is 10.4. The number of piperidine rings is 1. The standard InChI is InChI=1S/C17H19NO3/c1-20-13-5-2-9-8-11-10-3-4-12(19)16-17(10,6-7-18-11)14(9)15(13)21-16/h2,4-5,10-11,16,18-19H,3,6-8H2,1H3. The Balaban J connectivity index is 1.84. The zero-order chi connectivity index (χ0) is 14.2. The van der Waals surface area contributed by atoms with Gasteiger partial charge in [0.1, 0.15) is 5.76 Å². The lowest BCUT2D eigenvalue weighted by Crippen LogP contribution is -2.63. The average molecular weight is 285 g/mol. The molecule has 1 aromatic rings. The molecule has 1 fully saturated rings. The fourth-order valence-electron chi connectivity index (χ4n) is 5.21. The molecule has 4 heteroatoms. The summed E-state index contributed by atoms with van der Waals surface area (Å²) in [5.41, 5.74) is 2.61. The van der Waals surface area contributed by atoms with Crippen LogP contribution < -0.4 is 14.8 Å². The minimum absolute atomic E-state index is 0.0633. The number of rotatable bonds is 1. The Morgan fingerprint density at radius 2 is 2.33 bits per heavy atom. The normalized spacial score (nSPS) is 38.3. The van der Waals surface area contributed by atoms with Crippen molar-refractivity contribution in [2.75, 3.05) is 13.7 Å². The van der Waals surface area contributed by atoms with E-state index in [1.165, 1.54) is 11.1 Å². The molecule has 0 amide bonds. The van der Waals surface area contributed by atoms with E-state index in [0.29, 0.717) is 17.7 Å². The molecule has 4 unspecified atom stereocenters. The van der Waals surface area contributed by atoms with Gasteiger partial charge in [-0.05, 0) is 49.4 Å². The number of aliphatic hydroxyl groups is 1. The van der Waals surface area contributed by atoms with Crippen LogP contribution in [0.25, 0.3) is 0 Å². The first-order valence-electron chi connectivity index (χ1n) is 7.75. The molecule has 0 aromatic heterocycles. The predicted octanol–water partition coefficient (Wildman–Crippen LogP) is 2.07. The van der Waals surface area contributed by atoms with Gasteiger partial charge in [-0.25, -0.2) is 0 Å². The molecule has 4 nitrogen and oxygen atoms in total. The van der Waals surface area contributed by atoms with Crippen LogP contribution in [0.15, 0.2) is 24.0 Å². The molecule has 4 atom stereocenters. The molecular weight excluding hydrogens is 266 g/mol. The van der Waals surface area contributed by atoms with Crippen molar-refractivity contribution in [2.45, 2.75) is 36.8 Å². The van der Waals surface area contributed by atoms with E-state index < -0.39 is 0 Å². The van der Waals surface area contributed by atoms with E-state index in [1.807, 2.05) is 12.1 Å². The van der Waals surface area contributed by atoms with E-state index >= 15 is 0 Å². The Bertz CT molecular complexity index is 668. The third-order valence-electron chi connectivity index (χ3n) is 5.98. The maximum Gasteiger partial charge on any atom is 0.166 e. The molecule has 21 heavy (non-hydrogen) atoms. The molecule has 0 saturated carbocycles. The summed E-state index contributed by atoms with van der Waals surface area (Å²) in [5, 5.41) is 14.1. The van der Waals surface area contributed by atoms with Gasteiger partial charge in [-0.2, -0.15) is 0 Å². The summed E-state index contributed by atoms with van der Waals surface area (Å²) in [6, 6.07) is 4.66. The second-order valence-corrected chi connectivity index (χ2v) is 6.66. The Hall–Kier alpha value is -1.68. The highest BCUT2D eigenvalue weighted by molar-refractivity contribution is 5.62. The van der Waals surface area contributed by atoms with Crippen molar-refractivity contribution in [1.82, 2.24) is 5.32 Å². The largest absolute Gasteiger partial charge is 0.509 e. The van der Waals surface area contributed by atoms with Crippen LogP contribution >= 0.6 is 0 Å². The summed E-state index contributed by atoms with van der Waals surface area (Å²) in [6.45, 7) is 0.990. The van der Waals surface area contributed by atoms with Crippen molar-refractivity contribution in [1.29, 1.82) is 0 Å². The summed E-state index contributed by atoms with van der Waals surface area (Å²) in [4.78, 5) is 0. The van der Waals surface area contributed by atoms with Crippen molar-refractivity contribution in [3.8, 4) is 11.5 Å². The second-order valence-electron chi connectivity index (χ2n) is 6.66. The van der Waals surface area contributed by atoms with Gasteiger partial charge in [0.25, 0.3) is 0 Å². The van der Waals surface area contributed by atoms with Crippen LogP contribution in [0.1, 0.15) is 24.0 Å². The summed E-state index contributed by atoms with van der Waals surface area (Å²) < 4.78 is 11.7. The van der Waals surface area contributed by atoms with Crippen LogP contribution in [-0.4, -0.2) is 30.9 Å². The first-order valence-corrected chi connectivity index (χ1v) is 7.75. The zero-order valence-electron chi connectivity index (χ0n) is 12.1. The van der Waals surface area contributed by atoms with Crippen LogP contribution in [0.2, 0.25) is 0 Å². The fraction of sp³-hybridized carbons (Fsp3) is 0.529. The molecular formula is C17H19NO3.